The van der Waals surface area contributed by atoms with E-state index in [0.717, 1.165) is 11.1 Å². The van der Waals surface area contributed by atoms with Crippen molar-refractivity contribution in [1.29, 1.82) is 0 Å². The highest BCUT2D eigenvalue weighted by Gasteiger charge is 2.07. The standard InChI is InChI=1S/C19H21NO3/c1-15-10-12-17(13-11-15)23-19(22)9-5-8-18(21)20-14-16-6-3-2-4-7-16/h2-4,6-7,10-13H,5,8-9,14H2,1H3,(H,20,21). The van der Waals surface area contributed by atoms with Gasteiger partial charge >= 0.3 is 5.97 Å². The zero-order chi connectivity index (χ0) is 16.5. The third-order valence-electron chi connectivity index (χ3n) is 3.37. The van der Waals surface area contributed by atoms with Gasteiger partial charge in [-0.25, -0.2) is 0 Å². The molecule has 0 unspecified atom stereocenters. The first-order chi connectivity index (χ1) is 11.1. The summed E-state index contributed by atoms with van der Waals surface area (Å²) in [6, 6.07) is 17.0. The van der Waals surface area contributed by atoms with Crippen LogP contribution in [0.15, 0.2) is 54.6 Å². The van der Waals surface area contributed by atoms with Crippen LogP contribution in [0.4, 0.5) is 0 Å². The van der Waals surface area contributed by atoms with Crippen molar-refractivity contribution in [2.75, 3.05) is 0 Å². The molecular weight excluding hydrogens is 290 g/mol. The summed E-state index contributed by atoms with van der Waals surface area (Å²) in [6.45, 7) is 2.48. The van der Waals surface area contributed by atoms with Gasteiger partial charge in [0.05, 0.1) is 0 Å². The van der Waals surface area contributed by atoms with Crippen LogP contribution in [0.2, 0.25) is 0 Å². The second kappa shape index (κ2) is 8.73. The number of carbonyl (C=O) groups is 2. The number of hydrogen-bond donors (Lipinski definition) is 1. The number of esters is 1. The average molecular weight is 311 g/mol. The van der Waals surface area contributed by atoms with Gasteiger partial charge in [-0.15, -0.1) is 0 Å². The maximum Gasteiger partial charge on any atom is 0.311 e. The summed E-state index contributed by atoms with van der Waals surface area (Å²) in [5.74, 6) is 0.163. The quantitative estimate of drug-likeness (QED) is 0.630. The van der Waals surface area contributed by atoms with E-state index in [4.69, 9.17) is 4.74 Å². The second-order valence-electron chi connectivity index (χ2n) is 5.40. The Morgan fingerprint density at radius 1 is 0.957 bits per heavy atom. The van der Waals surface area contributed by atoms with Gasteiger partial charge in [-0.2, -0.15) is 0 Å². The summed E-state index contributed by atoms with van der Waals surface area (Å²) in [4.78, 5) is 23.4. The number of carbonyl (C=O) groups excluding carboxylic acids is 2. The molecule has 120 valence electrons. The molecule has 4 heteroatoms. The van der Waals surface area contributed by atoms with Crippen LogP contribution in [0.5, 0.6) is 5.75 Å². The summed E-state index contributed by atoms with van der Waals surface area (Å²) in [6.07, 6.45) is 1.02. The van der Waals surface area contributed by atoms with E-state index in [0.29, 0.717) is 25.1 Å². The molecule has 1 N–H and O–H groups in total. The van der Waals surface area contributed by atoms with Crippen molar-refractivity contribution in [2.24, 2.45) is 0 Å². The van der Waals surface area contributed by atoms with Crippen LogP contribution in [0.1, 0.15) is 30.4 Å². The second-order valence-corrected chi connectivity index (χ2v) is 5.40. The lowest BCUT2D eigenvalue weighted by Gasteiger charge is -2.06. The van der Waals surface area contributed by atoms with Crippen LogP contribution in [-0.2, 0) is 16.1 Å². The Morgan fingerprint density at radius 2 is 1.65 bits per heavy atom. The van der Waals surface area contributed by atoms with Crippen molar-refractivity contribution >= 4 is 11.9 Å². The van der Waals surface area contributed by atoms with Crippen LogP contribution in [0.3, 0.4) is 0 Å². The summed E-state index contributed by atoms with van der Waals surface area (Å²) in [7, 11) is 0. The maximum atomic E-state index is 11.7. The number of ether oxygens (including phenoxy) is 1. The van der Waals surface area contributed by atoms with E-state index in [1.807, 2.05) is 49.4 Å². The van der Waals surface area contributed by atoms with E-state index in [2.05, 4.69) is 5.32 Å². The van der Waals surface area contributed by atoms with Crippen LogP contribution in [-0.4, -0.2) is 11.9 Å². The van der Waals surface area contributed by atoms with E-state index in [1.54, 1.807) is 12.1 Å². The predicted molar refractivity (Wildman–Crippen MR) is 89.0 cm³/mol. The van der Waals surface area contributed by atoms with Gasteiger partial charge in [0.25, 0.3) is 0 Å². The lowest BCUT2D eigenvalue weighted by atomic mass is 10.2. The molecule has 0 aliphatic carbocycles. The molecule has 2 aromatic carbocycles. The van der Waals surface area contributed by atoms with Crippen molar-refractivity contribution in [2.45, 2.75) is 32.7 Å². The van der Waals surface area contributed by atoms with E-state index in [-0.39, 0.29) is 18.3 Å². The van der Waals surface area contributed by atoms with Gasteiger partial charge in [-0.05, 0) is 31.0 Å². The third kappa shape index (κ3) is 6.34. The fourth-order valence-corrected chi connectivity index (χ4v) is 2.07. The van der Waals surface area contributed by atoms with Gasteiger partial charge in [0.2, 0.25) is 5.91 Å². The number of amides is 1. The smallest absolute Gasteiger partial charge is 0.311 e. The van der Waals surface area contributed by atoms with Crippen molar-refractivity contribution in [3.05, 3.63) is 65.7 Å². The SMILES string of the molecule is Cc1ccc(OC(=O)CCCC(=O)NCc2ccccc2)cc1. The molecule has 0 aliphatic heterocycles. The highest BCUT2D eigenvalue weighted by molar-refractivity contribution is 5.77. The highest BCUT2D eigenvalue weighted by Crippen LogP contribution is 2.12. The zero-order valence-corrected chi connectivity index (χ0v) is 13.2. The molecule has 4 nitrogen and oxygen atoms in total. The first-order valence-electron chi connectivity index (χ1n) is 7.71. The number of benzene rings is 2. The molecule has 0 fully saturated rings. The summed E-state index contributed by atoms with van der Waals surface area (Å²) < 4.78 is 5.21. The molecular formula is C19H21NO3. The summed E-state index contributed by atoms with van der Waals surface area (Å²) in [5, 5.41) is 2.84. The first-order valence-corrected chi connectivity index (χ1v) is 7.71. The molecule has 0 heterocycles. The van der Waals surface area contributed by atoms with Crippen LogP contribution in [0.25, 0.3) is 0 Å². The maximum absolute atomic E-state index is 11.7. The van der Waals surface area contributed by atoms with Gasteiger partial charge in [-0.3, -0.25) is 9.59 Å². The Kier molecular flexibility index (Phi) is 6.36. The molecule has 0 spiro atoms. The van der Waals surface area contributed by atoms with E-state index >= 15 is 0 Å². The van der Waals surface area contributed by atoms with E-state index < -0.39 is 0 Å². The Morgan fingerprint density at radius 3 is 2.35 bits per heavy atom. The molecule has 2 rings (SSSR count). The molecule has 0 aromatic heterocycles. The number of rotatable bonds is 7. The van der Waals surface area contributed by atoms with Gasteiger partial charge in [0.1, 0.15) is 5.75 Å². The number of aryl methyl sites for hydroxylation is 1. The fourth-order valence-electron chi connectivity index (χ4n) is 2.07. The minimum atomic E-state index is -0.315. The van der Waals surface area contributed by atoms with Gasteiger partial charge in [0, 0.05) is 19.4 Å². The molecule has 0 aliphatic rings. The molecule has 23 heavy (non-hydrogen) atoms. The van der Waals surface area contributed by atoms with Gasteiger partial charge < -0.3 is 10.1 Å². The lowest BCUT2D eigenvalue weighted by Crippen LogP contribution is -2.22. The zero-order valence-electron chi connectivity index (χ0n) is 13.2. The fraction of sp³-hybridized carbons (Fsp3) is 0.263. The van der Waals surface area contributed by atoms with Gasteiger partial charge in [0.15, 0.2) is 0 Å². The first kappa shape index (κ1) is 16.7. The average Bonchev–Trinajstić information content (AvgIpc) is 2.56. The molecule has 0 atom stereocenters. The van der Waals surface area contributed by atoms with Crippen molar-refractivity contribution < 1.29 is 14.3 Å². The van der Waals surface area contributed by atoms with E-state index in [1.165, 1.54) is 0 Å². The monoisotopic (exact) mass is 311 g/mol. The largest absolute Gasteiger partial charge is 0.427 e. The Hall–Kier alpha value is -2.62. The van der Waals surface area contributed by atoms with Crippen LogP contribution < -0.4 is 10.1 Å². The third-order valence-corrected chi connectivity index (χ3v) is 3.37. The Labute approximate surface area is 136 Å². The molecule has 0 saturated heterocycles. The molecule has 0 saturated carbocycles. The van der Waals surface area contributed by atoms with E-state index in [9.17, 15) is 9.59 Å². The minimum Gasteiger partial charge on any atom is -0.427 e. The number of hydrogen-bond acceptors (Lipinski definition) is 3. The Balaban J connectivity index is 1.63. The highest BCUT2D eigenvalue weighted by atomic mass is 16.5. The molecule has 0 bridgehead atoms. The predicted octanol–water partition coefficient (Wildman–Crippen LogP) is 3.39. The Bertz CT molecular complexity index is 635. The van der Waals surface area contributed by atoms with Crippen molar-refractivity contribution in [3.8, 4) is 5.75 Å². The topological polar surface area (TPSA) is 55.4 Å². The molecule has 0 radical (unpaired) electrons. The minimum absolute atomic E-state index is 0.0583. The molecule has 2 aromatic rings. The van der Waals surface area contributed by atoms with Gasteiger partial charge in [-0.1, -0.05) is 48.0 Å². The lowest BCUT2D eigenvalue weighted by molar-refractivity contribution is -0.134. The summed E-state index contributed by atoms with van der Waals surface area (Å²) in [5.41, 5.74) is 2.17. The van der Waals surface area contributed by atoms with Crippen molar-refractivity contribution in [3.63, 3.8) is 0 Å². The van der Waals surface area contributed by atoms with Crippen molar-refractivity contribution in [1.82, 2.24) is 5.32 Å². The molecule has 1 amide bonds. The number of nitrogens with one attached hydrogen (secondary N) is 1. The summed E-state index contributed by atoms with van der Waals surface area (Å²) >= 11 is 0. The van der Waals surface area contributed by atoms with Crippen LogP contribution in [0, 0.1) is 6.92 Å². The van der Waals surface area contributed by atoms with Crippen LogP contribution >= 0.6 is 0 Å². The normalized spacial score (nSPS) is 10.1.